The number of nitrogens with two attached hydrogens (primary N) is 2. The van der Waals surface area contributed by atoms with Crippen LogP contribution in [0.3, 0.4) is 0 Å². The Hall–Kier alpha value is -4.67. The van der Waals surface area contributed by atoms with E-state index in [0.717, 1.165) is 5.56 Å². The molecule has 0 saturated heterocycles. The van der Waals surface area contributed by atoms with Gasteiger partial charge in [0.2, 0.25) is 0 Å². The van der Waals surface area contributed by atoms with Crippen LogP contribution in [0.4, 0.5) is 24.5 Å². The summed E-state index contributed by atoms with van der Waals surface area (Å²) in [5, 5.41) is 0. The Morgan fingerprint density at radius 1 is 0.925 bits per heavy atom. The first-order valence-electron chi connectivity index (χ1n) is 12.2. The lowest BCUT2D eigenvalue weighted by Gasteiger charge is -2.12. The lowest BCUT2D eigenvalue weighted by atomic mass is 10.1. The fourth-order valence-electron chi connectivity index (χ4n) is 3.50. The van der Waals surface area contributed by atoms with Crippen LogP contribution < -0.4 is 25.7 Å². The zero-order valence-electron chi connectivity index (χ0n) is 21.7. The van der Waals surface area contributed by atoms with Gasteiger partial charge in [-0.1, -0.05) is 18.2 Å². The number of methoxy groups -OCH3 is 1. The standard InChI is InChI=1S/C29H29F3N2O6/c1-37-26-17-21(7-11-25(26)38-15-2-14-29(30,31)32)28(36)40-23-9-3-19(4-10-23)5-12-27(35)39-16-13-20-6-8-22(33)18-24(20)34/h3-12,17-18H,2,13-16,33-34H2,1H3. The molecule has 0 heterocycles. The molecule has 0 fully saturated rings. The van der Waals surface area contributed by atoms with Gasteiger partial charge in [0.25, 0.3) is 0 Å². The third kappa shape index (κ3) is 9.57. The van der Waals surface area contributed by atoms with Crippen molar-refractivity contribution in [1.82, 2.24) is 0 Å². The van der Waals surface area contributed by atoms with Gasteiger partial charge in [0, 0.05) is 30.3 Å². The predicted octanol–water partition coefficient (Wildman–Crippen LogP) is 5.60. The molecule has 0 aromatic heterocycles. The average Bonchev–Trinajstić information content (AvgIpc) is 2.91. The van der Waals surface area contributed by atoms with E-state index in [0.29, 0.717) is 23.4 Å². The largest absolute Gasteiger partial charge is 0.493 e. The van der Waals surface area contributed by atoms with Gasteiger partial charge in [0.1, 0.15) is 5.75 Å². The van der Waals surface area contributed by atoms with Crippen LogP contribution in [0.5, 0.6) is 17.2 Å². The van der Waals surface area contributed by atoms with Gasteiger partial charge in [-0.2, -0.15) is 13.2 Å². The number of esters is 2. The zero-order valence-corrected chi connectivity index (χ0v) is 21.7. The van der Waals surface area contributed by atoms with Crippen LogP contribution >= 0.6 is 0 Å². The van der Waals surface area contributed by atoms with E-state index in [9.17, 15) is 22.8 Å². The lowest BCUT2D eigenvalue weighted by molar-refractivity contribution is -0.138. The molecule has 3 aromatic rings. The number of halogens is 3. The van der Waals surface area contributed by atoms with Gasteiger partial charge in [-0.15, -0.1) is 0 Å². The van der Waals surface area contributed by atoms with Gasteiger partial charge in [-0.25, -0.2) is 9.59 Å². The second-order valence-corrected chi connectivity index (χ2v) is 8.60. The molecule has 212 valence electrons. The summed E-state index contributed by atoms with van der Waals surface area (Å²) in [5.41, 5.74) is 14.3. The Balaban J connectivity index is 1.48. The van der Waals surface area contributed by atoms with Gasteiger partial charge >= 0.3 is 18.1 Å². The Morgan fingerprint density at radius 3 is 2.35 bits per heavy atom. The van der Waals surface area contributed by atoms with Crippen molar-refractivity contribution in [3.63, 3.8) is 0 Å². The van der Waals surface area contributed by atoms with Crippen LogP contribution in [-0.2, 0) is 16.0 Å². The molecule has 0 radical (unpaired) electrons. The molecule has 40 heavy (non-hydrogen) atoms. The average molecular weight is 559 g/mol. The second kappa shape index (κ2) is 13.9. The van der Waals surface area contributed by atoms with Crippen LogP contribution in [0, 0.1) is 0 Å². The number of hydrogen-bond acceptors (Lipinski definition) is 8. The fourth-order valence-corrected chi connectivity index (χ4v) is 3.50. The summed E-state index contributed by atoms with van der Waals surface area (Å²) in [4.78, 5) is 24.6. The number of alkyl halides is 3. The molecular weight excluding hydrogens is 529 g/mol. The van der Waals surface area contributed by atoms with E-state index in [1.807, 2.05) is 0 Å². The van der Waals surface area contributed by atoms with Crippen LogP contribution in [0.2, 0.25) is 0 Å². The molecule has 0 saturated carbocycles. The van der Waals surface area contributed by atoms with E-state index in [4.69, 9.17) is 30.4 Å². The summed E-state index contributed by atoms with van der Waals surface area (Å²) in [5.74, 6) is -0.532. The van der Waals surface area contributed by atoms with Gasteiger partial charge in [0.05, 0.1) is 25.9 Å². The van der Waals surface area contributed by atoms with Crippen molar-refractivity contribution < 1.29 is 41.7 Å². The number of rotatable bonds is 12. The first-order valence-corrected chi connectivity index (χ1v) is 12.2. The topological polar surface area (TPSA) is 123 Å². The molecule has 0 aliphatic carbocycles. The third-order valence-corrected chi connectivity index (χ3v) is 5.55. The Labute approximate surface area is 229 Å². The van der Waals surface area contributed by atoms with E-state index in [1.54, 1.807) is 48.5 Å². The normalized spacial score (nSPS) is 11.3. The number of anilines is 2. The number of benzene rings is 3. The molecule has 0 unspecified atom stereocenters. The Morgan fingerprint density at radius 2 is 1.68 bits per heavy atom. The summed E-state index contributed by atoms with van der Waals surface area (Å²) < 4.78 is 58.0. The summed E-state index contributed by atoms with van der Waals surface area (Å²) >= 11 is 0. The smallest absolute Gasteiger partial charge is 0.389 e. The number of nitrogen functional groups attached to an aromatic ring is 2. The molecule has 11 heteroatoms. The minimum Gasteiger partial charge on any atom is -0.493 e. The van der Waals surface area contributed by atoms with Crippen molar-refractivity contribution in [2.45, 2.75) is 25.4 Å². The van der Waals surface area contributed by atoms with Crippen molar-refractivity contribution in [2.75, 3.05) is 31.8 Å². The molecule has 0 spiro atoms. The zero-order chi connectivity index (χ0) is 29.1. The Kier molecular flexibility index (Phi) is 10.4. The summed E-state index contributed by atoms with van der Waals surface area (Å²) in [6, 6.07) is 15.8. The highest BCUT2D eigenvalue weighted by Gasteiger charge is 2.26. The first kappa shape index (κ1) is 29.9. The number of hydrogen-bond donors (Lipinski definition) is 2. The highest BCUT2D eigenvalue weighted by molar-refractivity contribution is 5.92. The summed E-state index contributed by atoms with van der Waals surface area (Å²) in [7, 11) is 1.35. The van der Waals surface area contributed by atoms with Crippen molar-refractivity contribution in [1.29, 1.82) is 0 Å². The maximum absolute atomic E-state index is 12.6. The highest BCUT2D eigenvalue weighted by Crippen LogP contribution is 2.29. The summed E-state index contributed by atoms with van der Waals surface area (Å²) in [6.07, 6.45) is -2.12. The van der Waals surface area contributed by atoms with Crippen LogP contribution in [0.1, 0.15) is 34.3 Å². The van der Waals surface area contributed by atoms with Crippen molar-refractivity contribution in [3.8, 4) is 17.2 Å². The number of ether oxygens (including phenoxy) is 4. The SMILES string of the molecule is COc1cc(C(=O)Oc2ccc(C=CC(=O)OCCc3ccc(N)cc3N)cc2)ccc1OCCCC(F)(F)F. The van der Waals surface area contributed by atoms with E-state index < -0.39 is 24.5 Å². The van der Waals surface area contributed by atoms with Crippen LogP contribution in [0.25, 0.3) is 6.08 Å². The summed E-state index contributed by atoms with van der Waals surface area (Å²) in [6.45, 7) is -0.000939. The molecular formula is C29H29F3N2O6. The Bertz CT molecular complexity index is 1340. The molecule has 4 N–H and O–H groups in total. The monoisotopic (exact) mass is 558 g/mol. The van der Waals surface area contributed by atoms with E-state index in [-0.39, 0.29) is 42.4 Å². The molecule has 8 nitrogen and oxygen atoms in total. The molecule has 3 aromatic carbocycles. The number of carbonyl (C=O) groups is 2. The van der Waals surface area contributed by atoms with Gasteiger partial charge < -0.3 is 30.4 Å². The quantitative estimate of drug-likeness (QED) is 0.0969. The first-order chi connectivity index (χ1) is 19.0. The fraction of sp³-hybridized carbons (Fsp3) is 0.241. The van der Waals surface area contributed by atoms with E-state index in [1.165, 1.54) is 31.4 Å². The van der Waals surface area contributed by atoms with Crippen LogP contribution in [0.15, 0.2) is 66.7 Å². The van der Waals surface area contributed by atoms with E-state index >= 15 is 0 Å². The van der Waals surface area contributed by atoms with Gasteiger partial charge in [-0.3, -0.25) is 0 Å². The maximum Gasteiger partial charge on any atom is 0.389 e. The molecule has 3 rings (SSSR count). The minimum atomic E-state index is -4.25. The van der Waals surface area contributed by atoms with Gasteiger partial charge in [0.15, 0.2) is 11.5 Å². The second-order valence-electron chi connectivity index (χ2n) is 8.60. The maximum atomic E-state index is 12.6. The number of carbonyl (C=O) groups excluding carboxylic acids is 2. The molecule has 0 atom stereocenters. The van der Waals surface area contributed by atoms with Crippen molar-refractivity contribution in [2.24, 2.45) is 0 Å². The molecule has 0 aliphatic heterocycles. The predicted molar refractivity (Wildman–Crippen MR) is 144 cm³/mol. The molecule has 0 amide bonds. The van der Waals surface area contributed by atoms with Gasteiger partial charge in [-0.05, 0) is 66.1 Å². The minimum absolute atomic E-state index is 0.155. The van der Waals surface area contributed by atoms with Crippen molar-refractivity contribution in [3.05, 3.63) is 83.4 Å². The van der Waals surface area contributed by atoms with Crippen molar-refractivity contribution >= 4 is 29.4 Å². The van der Waals surface area contributed by atoms with Crippen LogP contribution in [-0.4, -0.2) is 38.4 Å². The molecule has 0 aliphatic rings. The highest BCUT2D eigenvalue weighted by atomic mass is 19.4. The third-order valence-electron chi connectivity index (χ3n) is 5.55. The van der Waals surface area contributed by atoms with E-state index in [2.05, 4.69) is 0 Å². The molecule has 0 bridgehead atoms. The lowest BCUT2D eigenvalue weighted by Crippen LogP contribution is -2.11.